The van der Waals surface area contributed by atoms with E-state index in [2.05, 4.69) is 5.32 Å². The zero-order valence-corrected chi connectivity index (χ0v) is 12.3. The van der Waals surface area contributed by atoms with Crippen molar-refractivity contribution in [2.24, 2.45) is 16.7 Å². The number of ketones is 2. The molecule has 1 aromatic carbocycles. The minimum absolute atomic E-state index is 0.297. The minimum Gasteiger partial charge on any atom is -0.351 e. The zero-order valence-electron chi connectivity index (χ0n) is 12.3. The molecule has 110 valence electrons. The molecular weight excluding hydrogens is 266 g/mol. The van der Waals surface area contributed by atoms with Crippen LogP contribution >= 0.6 is 0 Å². The molecule has 0 unspecified atom stereocenters. The Kier molecular flexibility index (Phi) is 3.01. The van der Waals surface area contributed by atoms with Crippen molar-refractivity contribution in [3.8, 4) is 0 Å². The van der Waals surface area contributed by atoms with Crippen molar-refractivity contribution in [3.05, 3.63) is 35.9 Å². The van der Waals surface area contributed by atoms with Crippen LogP contribution in [0, 0.1) is 16.7 Å². The third-order valence-electron chi connectivity index (χ3n) is 5.39. The fourth-order valence-electron chi connectivity index (χ4n) is 4.01. The molecule has 2 saturated carbocycles. The van der Waals surface area contributed by atoms with Crippen LogP contribution in [-0.4, -0.2) is 17.5 Å². The first-order valence-electron chi connectivity index (χ1n) is 7.32. The van der Waals surface area contributed by atoms with Gasteiger partial charge in [0.1, 0.15) is 5.41 Å². The summed E-state index contributed by atoms with van der Waals surface area (Å²) in [6.07, 6.45) is 1.12. The van der Waals surface area contributed by atoms with Crippen LogP contribution < -0.4 is 5.32 Å². The van der Waals surface area contributed by atoms with Gasteiger partial charge in [-0.05, 0) is 23.8 Å². The lowest BCUT2D eigenvalue weighted by Gasteiger charge is -2.33. The summed E-state index contributed by atoms with van der Waals surface area (Å²) < 4.78 is 0. The van der Waals surface area contributed by atoms with E-state index in [1.54, 1.807) is 0 Å². The topological polar surface area (TPSA) is 63.2 Å². The lowest BCUT2D eigenvalue weighted by Crippen LogP contribution is -2.50. The number of hydrogen-bond donors (Lipinski definition) is 1. The lowest BCUT2D eigenvalue weighted by atomic mass is 9.68. The van der Waals surface area contributed by atoms with E-state index < -0.39 is 16.6 Å². The van der Waals surface area contributed by atoms with Gasteiger partial charge in [-0.15, -0.1) is 0 Å². The second-order valence-electron chi connectivity index (χ2n) is 6.58. The van der Waals surface area contributed by atoms with Gasteiger partial charge in [0, 0.05) is 12.5 Å². The Hall–Kier alpha value is -1.97. The predicted molar refractivity (Wildman–Crippen MR) is 77.2 cm³/mol. The number of rotatable bonds is 3. The molecule has 0 saturated heterocycles. The maximum absolute atomic E-state index is 12.7. The van der Waals surface area contributed by atoms with Crippen LogP contribution in [0.25, 0.3) is 0 Å². The number of carbonyl (C=O) groups is 3. The average Bonchev–Trinajstić information content (AvgIpc) is 2.82. The fraction of sp³-hybridized carbons (Fsp3) is 0.471. The highest BCUT2D eigenvalue weighted by Crippen LogP contribution is 2.62. The van der Waals surface area contributed by atoms with Crippen LogP contribution in [0.4, 0.5) is 0 Å². The second-order valence-corrected chi connectivity index (χ2v) is 6.58. The number of amides is 1. The largest absolute Gasteiger partial charge is 0.351 e. The molecule has 0 spiro atoms. The summed E-state index contributed by atoms with van der Waals surface area (Å²) in [4.78, 5) is 37.1. The van der Waals surface area contributed by atoms with Crippen molar-refractivity contribution in [2.75, 3.05) is 0 Å². The van der Waals surface area contributed by atoms with E-state index >= 15 is 0 Å². The van der Waals surface area contributed by atoms with Crippen molar-refractivity contribution in [1.29, 1.82) is 0 Å². The molecule has 21 heavy (non-hydrogen) atoms. The van der Waals surface area contributed by atoms with Gasteiger partial charge in [0.15, 0.2) is 0 Å². The summed E-state index contributed by atoms with van der Waals surface area (Å²) in [7, 11) is 0. The van der Waals surface area contributed by atoms with Gasteiger partial charge in [-0.3, -0.25) is 14.4 Å². The number of nitrogens with one attached hydrogen (secondary N) is 1. The highest BCUT2D eigenvalue weighted by molar-refractivity contribution is 6.47. The van der Waals surface area contributed by atoms with Gasteiger partial charge in [-0.25, -0.2) is 0 Å². The Morgan fingerprint density at radius 3 is 2.48 bits per heavy atom. The Labute approximate surface area is 123 Å². The molecule has 1 N–H and O–H groups in total. The molecule has 0 radical (unpaired) electrons. The molecule has 4 nitrogen and oxygen atoms in total. The number of hydrogen-bond acceptors (Lipinski definition) is 3. The van der Waals surface area contributed by atoms with Gasteiger partial charge < -0.3 is 5.32 Å². The molecule has 2 fully saturated rings. The van der Waals surface area contributed by atoms with Crippen molar-refractivity contribution < 1.29 is 14.4 Å². The van der Waals surface area contributed by atoms with Gasteiger partial charge in [-0.2, -0.15) is 0 Å². The normalized spacial score (nSPS) is 29.7. The van der Waals surface area contributed by atoms with E-state index in [1.165, 1.54) is 0 Å². The van der Waals surface area contributed by atoms with Crippen molar-refractivity contribution >= 4 is 17.5 Å². The Balaban J connectivity index is 1.83. The first-order valence-corrected chi connectivity index (χ1v) is 7.32. The van der Waals surface area contributed by atoms with Gasteiger partial charge >= 0.3 is 0 Å². The second kappa shape index (κ2) is 4.52. The van der Waals surface area contributed by atoms with Gasteiger partial charge in [0.2, 0.25) is 17.5 Å². The van der Waals surface area contributed by atoms with Crippen LogP contribution in [0.5, 0.6) is 0 Å². The third-order valence-corrected chi connectivity index (χ3v) is 5.39. The standard InChI is InChI=1S/C17H19NO3/c1-16(2)12-8-9-17(16,14(20)13(12)19)15(21)18-10-11-6-4-3-5-7-11/h3-7,12H,8-10H2,1-2H3,(H,18,21)/t12-,17+/m1/s1. The highest BCUT2D eigenvalue weighted by atomic mass is 16.2. The minimum atomic E-state index is -1.16. The van der Waals surface area contributed by atoms with Crippen LogP contribution in [0.15, 0.2) is 30.3 Å². The molecule has 0 aliphatic heterocycles. The van der Waals surface area contributed by atoms with E-state index in [1.807, 2.05) is 44.2 Å². The Bertz CT molecular complexity index is 620. The maximum atomic E-state index is 12.7. The van der Waals surface area contributed by atoms with Gasteiger partial charge in [0.05, 0.1) is 0 Å². The SMILES string of the molecule is CC1(C)[C@@H]2CC[C@@]1(C(=O)NCc1ccccc1)C(=O)C2=O. The molecule has 0 aromatic heterocycles. The fourth-order valence-corrected chi connectivity index (χ4v) is 4.01. The maximum Gasteiger partial charge on any atom is 0.235 e. The van der Waals surface area contributed by atoms with Crippen LogP contribution in [0.2, 0.25) is 0 Å². The molecule has 4 heteroatoms. The average molecular weight is 285 g/mol. The van der Waals surface area contributed by atoms with Crippen molar-refractivity contribution in [3.63, 3.8) is 0 Å². The van der Waals surface area contributed by atoms with E-state index in [0.29, 0.717) is 19.4 Å². The molecule has 0 heterocycles. The Morgan fingerprint density at radius 1 is 1.24 bits per heavy atom. The monoisotopic (exact) mass is 285 g/mol. The third kappa shape index (κ3) is 1.71. The first kappa shape index (κ1) is 14.0. The van der Waals surface area contributed by atoms with E-state index in [-0.39, 0.29) is 17.6 Å². The lowest BCUT2D eigenvalue weighted by molar-refractivity contribution is -0.149. The number of benzene rings is 1. The molecule has 2 bridgehead atoms. The van der Waals surface area contributed by atoms with Gasteiger partial charge in [-0.1, -0.05) is 44.2 Å². The Morgan fingerprint density at radius 2 is 1.90 bits per heavy atom. The van der Waals surface area contributed by atoms with Crippen LogP contribution in [0.3, 0.4) is 0 Å². The zero-order chi connectivity index (χ0) is 15.3. The van der Waals surface area contributed by atoms with E-state index in [9.17, 15) is 14.4 Å². The summed E-state index contributed by atoms with van der Waals surface area (Å²) in [5, 5.41) is 2.85. The number of carbonyl (C=O) groups excluding carboxylic acids is 3. The van der Waals surface area contributed by atoms with Crippen molar-refractivity contribution in [1.82, 2.24) is 5.32 Å². The van der Waals surface area contributed by atoms with Crippen LogP contribution in [-0.2, 0) is 20.9 Å². The summed E-state index contributed by atoms with van der Waals surface area (Å²) >= 11 is 0. The molecule has 2 atom stereocenters. The number of Topliss-reactive ketones (excluding diaryl/α,β-unsaturated/α-hetero) is 2. The summed E-state index contributed by atoms with van der Waals surface area (Å²) in [6.45, 7) is 4.12. The molecular formula is C17H19NO3. The molecule has 2 aliphatic carbocycles. The highest BCUT2D eigenvalue weighted by Gasteiger charge is 2.72. The van der Waals surface area contributed by atoms with Crippen LogP contribution in [0.1, 0.15) is 32.3 Å². The molecule has 1 amide bonds. The van der Waals surface area contributed by atoms with Gasteiger partial charge in [0.25, 0.3) is 0 Å². The predicted octanol–water partition coefficient (Wildman–Crippen LogP) is 1.88. The molecule has 3 rings (SSSR count). The van der Waals surface area contributed by atoms with E-state index in [4.69, 9.17) is 0 Å². The van der Waals surface area contributed by atoms with Crippen molar-refractivity contribution in [2.45, 2.75) is 33.2 Å². The number of fused-ring (bicyclic) bond motifs is 2. The summed E-state index contributed by atoms with van der Waals surface area (Å²) in [5.74, 6) is -1.45. The molecule has 1 aromatic rings. The smallest absolute Gasteiger partial charge is 0.235 e. The summed E-state index contributed by atoms with van der Waals surface area (Å²) in [6, 6.07) is 9.55. The first-order chi connectivity index (χ1) is 9.91. The quantitative estimate of drug-likeness (QED) is 0.681. The molecule has 2 aliphatic rings. The van der Waals surface area contributed by atoms with E-state index in [0.717, 1.165) is 5.56 Å². The summed E-state index contributed by atoms with van der Waals surface area (Å²) in [5.41, 5.74) is -0.766.